The highest BCUT2D eigenvalue weighted by molar-refractivity contribution is 7.71. The van der Waals surface area contributed by atoms with Gasteiger partial charge in [-0.15, -0.1) is 0 Å². The number of hydrogen-bond donors (Lipinski definition) is 1. The molecule has 1 aromatic carbocycles. The number of benzene rings is 1. The number of aryl methyl sites for hydroxylation is 2. The van der Waals surface area contributed by atoms with Gasteiger partial charge in [0.25, 0.3) is 0 Å². The van der Waals surface area contributed by atoms with Gasteiger partial charge in [0.15, 0.2) is 4.77 Å². The third-order valence-corrected chi connectivity index (χ3v) is 3.29. The summed E-state index contributed by atoms with van der Waals surface area (Å²) in [5, 5.41) is 0. The van der Waals surface area contributed by atoms with Crippen LogP contribution in [0, 0.1) is 18.6 Å². The van der Waals surface area contributed by atoms with Crippen molar-refractivity contribution in [2.24, 2.45) is 0 Å². The fourth-order valence-corrected chi connectivity index (χ4v) is 2.08. The Kier molecular flexibility index (Phi) is 2.97. The average molecular weight is 232 g/mol. The zero-order valence-corrected chi connectivity index (χ0v) is 10.7. The highest BCUT2D eigenvalue weighted by atomic mass is 32.1. The summed E-state index contributed by atoms with van der Waals surface area (Å²) in [6.45, 7) is 6.37. The van der Waals surface area contributed by atoms with Gasteiger partial charge in [-0.1, -0.05) is 19.1 Å². The minimum absolute atomic E-state index is 0.769. The number of H-pyrrole nitrogens is 1. The Morgan fingerprint density at radius 1 is 1.31 bits per heavy atom. The van der Waals surface area contributed by atoms with Crippen molar-refractivity contribution in [3.05, 3.63) is 46.0 Å². The fraction of sp³-hybridized carbons (Fsp3) is 0.308. The van der Waals surface area contributed by atoms with Gasteiger partial charge in [-0.3, -0.25) is 4.57 Å². The van der Waals surface area contributed by atoms with Gasteiger partial charge < -0.3 is 4.98 Å². The van der Waals surface area contributed by atoms with Crippen LogP contribution >= 0.6 is 12.2 Å². The normalized spacial score (nSPS) is 10.7. The summed E-state index contributed by atoms with van der Waals surface area (Å²) >= 11 is 5.33. The van der Waals surface area contributed by atoms with E-state index in [0.29, 0.717) is 0 Å². The lowest BCUT2D eigenvalue weighted by Crippen LogP contribution is -1.97. The first-order chi connectivity index (χ1) is 7.63. The Labute approximate surface area is 101 Å². The Morgan fingerprint density at radius 2 is 2.06 bits per heavy atom. The van der Waals surface area contributed by atoms with E-state index in [1.165, 1.54) is 22.5 Å². The summed E-state index contributed by atoms with van der Waals surface area (Å²) in [5.41, 5.74) is 4.91. The molecule has 0 unspecified atom stereocenters. The lowest BCUT2D eigenvalue weighted by molar-refractivity contribution is 1.01. The molecule has 0 amide bonds. The first kappa shape index (κ1) is 11.1. The molecule has 0 aliphatic carbocycles. The summed E-state index contributed by atoms with van der Waals surface area (Å²) in [4.78, 5) is 3.22. The smallest absolute Gasteiger partial charge is 0.182 e. The Morgan fingerprint density at radius 3 is 2.69 bits per heavy atom. The standard InChI is InChI=1S/C13H16N2S/c1-4-11-8-15(13(16)14-11)12-7-5-6-9(2)10(12)3/h5-8H,4H2,1-3H3,(H,14,16). The van der Waals surface area contributed by atoms with Crippen molar-refractivity contribution in [3.8, 4) is 5.69 Å². The summed E-state index contributed by atoms with van der Waals surface area (Å²) in [6.07, 6.45) is 3.06. The third kappa shape index (κ3) is 1.83. The van der Waals surface area contributed by atoms with Gasteiger partial charge in [0.1, 0.15) is 0 Å². The van der Waals surface area contributed by atoms with Crippen LogP contribution in [0.5, 0.6) is 0 Å². The molecule has 16 heavy (non-hydrogen) atoms. The van der Waals surface area contributed by atoms with E-state index in [0.717, 1.165) is 11.2 Å². The predicted octanol–water partition coefficient (Wildman–Crippen LogP) is 3.71. The molecule has 0 fully saturated rings. The van der Waals surface area contributed by atoms with Crippen molar-refractivity contribution >= 4 is 12.2 Å². The highest BCUT2D eigenvalue weighted by Gasteiger charge is 2.05. The summed E-state index contributed by atoms with van der Waals surface area (Å²) < 4.78 is 2.82. The number of imidazole rings is 1. The maximum absolute atomic E-state index is 5.33. The van der Waals surface area contributed by atoms with E-state index in [1.807, 2.05) is 0 Å². The van der Waals surface area contributed by atoms with E-state index in [4.69, 9.17) is 12.2 Å². The van der Waals surface area contributed by atoms with Gasteiger partial charge in [-0.05, 0) is 49.7 Å². The summed E-state index contributed by atoms with van der Waals surface area (Å²) in [7, 11) is 0. The zero-order chi connectivity index (χ0) is 11.7. The molecule has 0 radical (unpaired) electrons. The number of nitrogens with one attached hydrogen (secondary N) is 1. The molecule has 1 N–H and O–H groups in total. The molecule has 3 heteroatoms. The molecule has 2 aromatic rings. The molecule has 2 nitrogen and oxygen atoms in total. The van der Waals surface area contributed by atoms with Crippen LogP contribution in [0.2, 0.25) is 0 Å². The number of aromatic amines is 1. The van der Waals surface area contributed by atoms with Crippen molar-refractivity contribution in [1.29, 1.82) is 0 Å². The van der Waals surface area contributed by atoms with Gasteiger partial charge >= 0.3 is 0 Å². The molecule has 84 valence electrons. The van der Waals surface area contributed by atoms with Crippen molar-refractivity contribution < 1.29 is 0 Å². The highest BCUT2D eigenvalue weighted by Crippen LogP contribution is 2.18. The molecule has 0 aliphatic heterocycles. The molecule has 1 aromatic heterocycles. The Balaban J connectivity index is 2.63. The molecule has 1 heterocycles. The lowest BCUT2D eigenvalue weighted by Gasteiger charge is -2.08. The van der Waals surface area contributed by atoms with E-state index < -0.39 is 0 Å². The maximum Gasteiger partial charge on any atom is 0.182 e. The first-order valence-electron chi connectivity index (χ1n) is 5.50. The van der Waals surface area contributed by atoms with Gasteiger partial charge in [-0.2, -0.15) is 0 Å². The van der Waals surface area contributed by atoms with Gasteiger partial charge in [0.05, 0.1) is 5.69 Å². The minimum atomic E-state index is 0.769. The molecule has 0 atom stereocenters. The minimum Gasteiger partial charge on any atom is -0.334 e. The second kappa shape index (κ2) is 4.26. The van der Waals surface area contributed by atoms with Crippen LogP contribution < -0.4 is 0 Å². The molecule has 0 bridgehead atoms. The summed E-state index contributed by atoms with van der Waals surface area (Å²) in [6, 6.07) is 6.29. The van der Waals surface area contributed by atoms with Crippen LogP contribution in [0.1, 0.15) is 23.7 Å². The number of nitrogens with zero attached hydrogens (tertiary/aromatic N) is 1. The average Bonchev–Trinajstić information content (AvgIpc) is 2.64. The van der Waals surface area contributed by atoms with Crippen LogP contribution in [0.3, 0.4) is 0 Å². The van der Waals surface area contributed by atoms with Gasteiger partial charge in [0, 0.05) is 11.9 Å². The van der Waals surface area contributed by atoms with E-state index in [-0.39, 0.29) is 0 Å². The van der Waals surface area contributed by atoms with Crippen LogP contribution in [-0.2, 0) is 6.42 Å². The second-order valence-corrected chi connectivity index (χ2v) is 4.41. The lowest BCUT2D eigenvalue weighted by atomic mass is 10.1. The van der Waals surface area contributed by atoms with Crippen LogP contribution in [0.4, 0.5) is 0 Å². The maximum atomic E-state index is 5.33. The molecule has 0 spiro atoms. The van der Waals surface area contributed by atoms with Crippen LogP contribution in [-0.4, -0.2) is 9.55 Å². The molecular weight excluding hydrogens is 216 g/mol. The zero-order valence-electron chi connectivity index (χ0n) is 9.87. The Hall–Kier alpha value is -1.35. The van der Waals surface area contributed by atoms with E-state index in [1.54, 1.807) is 0 Å². The number of aromatic nitrogens is 2. The third-order valence-electron chi connectivity index (χ3n) is 2.99. The van der Waals surface area contributed by atoms with Gasteiger partial charge in [-0.25, -0.2) is 0 Å². The second-order valence-electron chi connectivity index (χ2n) is 4.03. The molecule has 0 saturated carbocycles. The predicted molar refractivity (Wildman–Crippen MR) is 69.8 cm³/mol. The van der Waals surface area contributed by atoms with Crippen LogP contribution in [0.15, 0.2) is 24.4 Å². The number of hydrogen-bond acceptors (Lipinski definition) is 1. The monoisotopic (exact) mass is 232 g/mol. The quantitative estimate of drug-likeness (QED) is 0.783. The van der Waals surface area contributed by atoms with Crippen molar-refractivity contribution in [3.63, 3.8) is 0 Å². The van der Waals surface area contributed by atoms with Crippen molar-refractivity contribution in [2.45, 2.75) is 27.2 Å². The fourth-order valence-electron chi connectivity index (χ4n) is 1.80. The topological polar surface area (TPSA) is 20.7 Å². The molecule has 2 rings (SSSR count). The Bertz CT molecular complexity index is 564. The number of rotatable bonds is 2. The van der Waals surface area contributed by atoms with Crippen LogP contribution in [0.25, 0.3) is 5.69 Å². The van der Waals surface area contributed by atoms with E-state index >= 15 is 0 Å². The largest absolute Gasteiger partial charge is 0.334 e. The van der Waals surface area contributed by atoms with Crippen molar-refractivity contribution in [2.75, 3.05) is 0 Å². The van der Waals surface area contributed by atoms with E-state index in [9.17, 15) is 0 Å². The van der Waals surface area contributed by atoms with E-state index in [2.05, 4.69) is 54.7 Å². The first-order valence-corrected chi connectivity index (χ1v) is 5.91. The molecular formula is C13H16N2S. The van der Waals surface area contributed by atoms with Crippen molar-refractivity contribution in [1.82, 2.24) is 9.55 Å². The molecule has 0 saturated heterocycles. The molecule has 0 aliphatic rings. The SMILES string of the molecule is CCc1cn(-c2cccc(C)c2C)c(=S)[nH]1. The summed E-state index contributed by atoms with van der Waals surface area (Å²) in [5.74, 6) is 0. The van der Waals surface area contributed by atoms with Gasteiger partial charge in [0.2, 0.25) is 0 Å².